The number of fused-ring (bicyclic) bond motifs is 1. The van der Waals surface area contributed by atoms with E-state index in [1.165, 1.54) is 11.0 Å². The number of sulfonamides is 1. The Kier molecular flexibility index (Phi) is 6.59. The molecule has 1 heterocycles. The Bertz CT molecular complexity index is 848. The van der Waals surface area contributed by atoms with Gasteiger partial charge in [0.1, 0.15) is 18.4 Å². The van der Waals surface area contributed by atoms with E-state index in [0.29, 0.717) is 24.9 Å². The maximum Gasteiger partial charge on any atom is 0.323 e. The quantitative estimate of drug-likeness (QED) is 0.691. The lowest BCUT2D eigenvalue weighted by atomic mass is 10.0. The first kappa shape index (κ1) is 20.9. The minimum absolute atomic E-state index is 0.116. The summed E-state index contributed by atoms with van der Waals surface area (Å²) in [7, 11) is -3.70. The van der Waals surface area contributed by atoms with Crippen molar-refractivity contribution in [2.24, 2.45) is 10.9 Å². The van der Waals surface area contributed by atoms with Crippen molar-refractivity contribution < 1.29 is 23.1 Å². The van der Waals surface area contributed by atoms with Crippen LogP contribution in [0.25, 0.3) is 0 Å². The lowest BCUT2D eigenvalue weighted by Crippen LogP contribution is -2.43. The number of aliphatic carboxylic acids is 1. The molecule has 1 unspecified atom stereocenters. The third-order valence-corrected chi connectivity index (χ3v) is 5.46. The normalized spacial score (nSPS) is 17.4. The van der Waals surface area contributed by atoms with Gasteiger partial charge in [-0.2, -0.15) is 0 Å². The van der Waals surface area contributed by atoms with Crippen LogP contribution in [0.3, 0.4) is 0 Å². The summed E-state index contributed by atoms with van der Waals surface area (Å²) < 4.78 is 26.9. The van der Waals surface area contributed by atoms with Crippen molar-refractivity contribution in [3.8, 4) is 0 Å². The van der Waals surface area contributed by atoms with E-state index in [-0.39, 0.29) is 16.6 Å². The molecule has 2 N–H and O–H groups in total. The minimum Gasteiger partial charge on any atom is -0.480 e. The first-order valence-electron chi connectivity index (χ1n) is 8.86. The summed E-state index contributed by atoms with van der Waals surface area (Å²) in [5, 5.41) is 9.08. The summed E-state index contributed by atoms with van der Waals surface area (Å²) in [5.74, 6) is -1.27. The number of carbonyl (C=O) groups is 2. The highest BCUT2D eigenvalue weighted by molar-refractivity contribution is 7.90. The van der Waals surface area contributed by atoms with Crippen molar-refractivity contribution >= 4 is 27.7 Å². The average Bonchev–Trinajstić information content (AvgIpc) is 2.83. The SMILES string of the molecule is CCCN(CC(=O)O)C(=O)C(CC(C)C)N=C1NS(=O)(=O)c2ccccc21. The highest BCUT2D eigenvalue weighted by atomic mass is 32.2. The molecule has 0 fully saturated rings. The summed E-state index contributed by atoms with van der Waals surface area (Å²) in [6.07, 6.45) is 0.992. The third-order valence-electron chi connectivity index (χ3n) is 4.06. The second-order valence-corrected chi connectivity index (χ2v) is 8.53. The molecule has 1 aromatic rings. The standard InChI is InChI=1S/C18H25N3O5S/c1-4-9-21(11-16(22)23)18(24)14(10-12(2)3)19-17-13-7-5-6-8-15(13)27(25,26)20-17/h5-8,12,14H,4,9-11H2,1-3H3,(H,19,20)(H,22,23). The van der Waals surface area contributed by atoms with Crippen molar-refractivity contribution in [3.05, 3.63) is 29.8 Å². The van der Waals surface area contributed by atoms with Crippen LogP contribution in [0.2, 0.25) is 0 Å². The van der Waals surface area contributed by atoms with E-state index in [0.717, 1.165) is 0 Å². The number of carbonyl (C=O) groups excluding carboxylic acids is 1. The molecule has 0 spiro atoms. The predicted octanol–water partition coefficient (Wildman–Crippen LogP) is 1.46. The topological polar surface area (TPSA) is 116 Å². The zero-order valence-corrected chi connectivity index (χ0v) is 16.5. The van der Waals surface area contributed by atoms with Gasteiger partial charge in [-0.1, -0.05) is 32.9 Å². The fourth-order valence-electron chi connectivity index (χ4n) is 2.95. The Balaban J connectivity index is 2.41. The van der Waals surface area contributed by atoms with Crippen molar-refractivity contribution in [1.29, 1.82) is 0 Å². The maximum absolute atomic E-state index is 12.9. The van der Waals surface area contributed by atoms with Crippen LogP contribution in [0.5, 0.6) is 0 Å². The van der Waals surface area contributed by atoms with Gasteiger partial charge in [-0.05, 0) is 30.9 Å². The van der Waals surface area contributed by atoms with Crippen LogP contribution in [0, 0.1) is 5.92 Å². The van der Waals surface area contributed by atoms with Crippen molar-refractivity contribution in [3.63, 3.8) is 0 Å². The number of carboxylic acid groups (broad SMARTS) is 1. The molecule has 0 bridgehead atoms. The van der Waals surface area contributed by atoms with Crippen LogP contribution in [0.4, 0.5) is 0 Å². The Hall–Kier alpha value is -2.42. The number of benzene rings is 1. The van der Waals surface area contributed by atoms with Gasteiger partial charge < -0.3 is 10.0 Å². The van der Waals surface area contributed by atoms with Gasteiger partial charge in [0, 0.05) is 12.1 Å². The highest BCUT2D eigenvalue weighted by Gasteiger charge is 2.33. The minimum atomic E-state index is -3.70. The van der Waals surface area contributed by atoms with Gasteiger partial charge in [0.15, 0.2) is 0 Å². The first-order valence-corrected chi connectivity index (χ1v) is 10.3. The van der Waals surface area contributed by atoms with E-state index >= 15 is 0 Å². The number of nitrogens with zero attached hydrogens (tertiary/aromatic N) is 2. The van der Waals surface area contributed by atoms with E-state index in [1.807, 2.05) is 20.8 Å². The predicted molar refractivity (Wildman–Crippen MR) is 101 cm³/mol. The molecule has 1 amide bonds. The lowest BCUT2D eigenvalue weighted by Gasteiger charge is -2.25. The molecule has 8 nitrogen and oxygen atoms in total. The molecule has 0 radical (unpaired) electrons. The number of hydrogen-bond donors (Lipinski definition) is 2. The fourth-order valence-corrected chi connectivity index (χ4v) is 4.19. The number of hydrogen-bond acceptors (Lipinski definition) is 5. The van der Waals surface area contributed by atoms with Gasteiger partial charge in [-0.25, -0.2) is 8.42 Å². The first-order chi connectivity index (χ1) is 12.7. The molecular formula is C18H25N3O5S. The van der Waals surface area contributed by atoms with Crippen molar-refractivity contribution in [2.45, 2.75) is 44.6 Å². The lowest BCUT2D eigenvalue weighted by molar-refractivity contribution is -0.145. The van der Waals surface area contributed by atoms with Gasteiger partial charge in [0.2, 0.25) is 5.91 Å². The molecule has 27 heavy (non-hydrogen) atoms. The zero-order valence-electron chi connectivity index (χ0n) is 15.7. The second kappa shape index (κ2) is 8.51. The Morgan fingerprint density at radius 2 is 1.93 bits per heavy atom. The van der Waals surface area contributed by atoms with Crippen molar-refractivity contribution in [2.75, 3.05) is 13.1 Å². The summed E-state index contributed by atoms with van der Waals surface area (Å²) in [6, 6.07) is 5.56. The summed E-state index contributed by atoms with van der Waals surface area (Å²) >= 11 is 0. The number of amidine groups is 1. The molecule has 0 saturated carbocycles. The number of nitrogens with one attached hydrogen (secondary N) is 1. The summed E-state index contributed by atoms with van der Waals surface area (Å²) in [6.45, 7) is 5.59. The highest BCUT2D eigenvalue weighted by Crippen LogP contribution is 2.23. The van der Waals surface area contributed by atoms with Gasteiger partial charge in [0.25, 0.3) is 10.0 Å². The van der Waals surface area contributed by atoms with Crippen LogP contribution >= 0.6 is 0 Å². The van der Waals surface area contributed by atoms with E-state index in [4.69, 9.17) is 5.11 Å². The molecule has 0 saturated heterocycles. The van der Waals surface area contributed by atoms with Crippen LogP contribution < -0.4 is 4.72 Å². The number of rotatable bonds is 8. The van der Waals surface area contributed by atoms with Gasteiger partial charge in [0.05, 0.1) is 4.90 Å². The smallest absolute Gasteiger partial charge is 0.323 e. The zero-order chi connectivity index (χ0) is 20.2. The molecule has 0 aromatic heterocycles. The molecule has 2 rings (SSSR count). The number of aliphatic imine (C=N–C) groups is 1. The van der Waals surface area contributed by atoms with Gasteiger partial charge in [-0.3, -0.25) is 19.3 Å². The van der Waals surface area contributed by atoms with E-state index in [9.17, 15) is 18.0 Å². The van der Waals surface area contributed by atoms with Crippen LogP contribution in [0.1, 0.15) is 39.2 Å². The molecule has 1 aliphatic heterocycles. The second-order valence-electron chi connectivity index (χ2n) is 6.88. The molecule has 9 heteroatoms. The number of amides is 1. The van der Waals surface area contributed by atoms with Gasteiger partial charge in [-0.15, -0.1) is 0 Å². The van der Waals surface area contributed by atoms with Crippen LogP contribution in [-0.4, -0.2) is 55.3 Å². The van der Waals surface area contributed by atoms with Gasteiger partial charge >= 0.3 is 5.97 Å². The molecule has 1 atom stereocenters. The molecule has 0 aliphatic carbocycles. The summed E-state index contributed by atoms with van der Waals surface area (Å²) in [4.78, 5) is 29.8. The fraction of sp³-hybridized carbons (Fsp3) is 0.500. The van der Waals surface area contributed by atoms with E-state index in [2.05, 4.69) is 9.71 Å². The molecule has 1 aromatic carbocycles. The van der Waals surface area contributed by atoms with Crippen molar-refractivity contribution in [1.82, 2.24) is 9.62 Å². The van der Waals surface area contributed by atoms with Crippen LogP contribution in [-0.2, 0) is 19.6 Å². The Morgan fingerprint density at radius 3 is 2.52 bits per heavy atom. The Labute approximate surface area is 159 Å². The largest absolute Gasteiger partial charge is 0.480 e. The summed E-state index contributed by atoms with van der Waals surface area (Å²) in [5.41, 5.74) is 0.416. The van der Waals surface area contributed by atoms with E-state index in [1.54, 1.807) is 18.2 Å². The molecule has 1 aliphatic rings. The van der Waals surface area contributed by atoms with Crippen LogP contribution in [0.15, 0.2) is 34.2 Å². The third kappa shape index (κ3) is 5.06. The molecule has 148 valence electrons. The molecular weight excluding hydrogens is 370 g/mol. The monoisotopic (exact) mass is 395 g/mol. The average molecular weight is 395 g/mol. The number of carboxylic acids is 1. The maximum atomic E-state index is 12.9. The van der Waals surface area contributed by atoms with E-state index < -0.39 is 34.5 Å². The Morgan fingerprint density at radius 1 is 1.26 bits per heavy atom.